The van der Waals surface area contributed by atoms with Crippen LogP contribution in [0.1, 0.15) is 0 Å². The second-order valence-electron chi connectivity index (χ2n) is 15.7. The monoisotopic (exact) mass is 735 g/mol. The summed E-state index contributed by atoms with van der Waals surface area (Å²) in [4.78, 5) is 2.45. The summed E-state index contributed by atoms with van der Waals surface area (Å²) >= 11 is 0. The van der Waals surface area contributed by atoms with Crippen molar-refractivity contribution < 1.29 is 4.42 Å². The number of anilines is 3. The molecule has 2 heteroatoms. The standard InChI is InChI=1S/C56H33NO/c1-2-10-38-29-43(27-25-34(38)9-1)57(42-15-5-14-39(30-42)40-26-28-52-49(32-40)45-16-3-4-20-51(45)58-52)44-31-41-24-23-37-12-7-18-47-46-17-6-11-35-21-22-36-13-8-19-48(55(36)53(35)46)50(33-44)56(41)54(37)47/h1-33H. The molecule has 0 saturated carbocycles. The first kappa shape index (κ1) is 31.5. The summed E-state index contributed by atoms with van der Waals surface area (Å²) in [5.41, 5.74) is 7.42. The topological polar surface area (TPSA) is 16.4 Å². The third-order valence-corrected chi connectivity index (χ3v) is 12.5. The van der Waals surface area contributed by atoms with E-state index in [2.05, 4.69) is 193 Å². The fourth-order valence-electron chi connectivity index (χ4n) is 9.89. The van der Waals surface area contributed by atoms with Crippen molar-refractivity contribution in [2.75, 3.05) is 4.90 Å². The third kappa shape index (κ3) is 4.54. The fraction of sp³-hybridized carbons (Fsp3) is 0. The zero-order valence-corrected chi connectivity index (χ0v) is 31.4. The Bertz CT molecular complexity index is 3810. The van der Waals surface area contributed by atoms with Crippen LogP contribution in [0.15, 0.2) is 205 Å². The number of fused-ring (bicyclic) bond motifs is 6. The molecule has 0 unspecified atom stereocenters. The molecule has 0 aliphatic heterocycles. The molecule has 0 bridgehead atoms. The lowest BCUT2D eigenvalue weighted by molar-refractivity contribution is 0.669. The van der Waals surface area contributed by atoms with E-state index < -0.39 is 0 Å². The average molecular weight is 736 g/mol. The Kier molecular flexibility index (Phi) is 6.47. The molecule has 0 fully saturated rings. The van der Waals surface area contributed by atoms with Crippen molar-refractivity contribution >= 4 is 114 Å². The molecule has 268 valence electrons. The summed E-state index contributed by atoms with van der Waals surface area (Å²) in [5, 5.41) is 20.0. The number of furan rings is 1. The van der Waals surface area contributed by atoms with E-state index in [1.807, 2.05) is 12.1 Å². The molecular weight excluding hydrogens is 703 g/mol. The van der Waals surface area contributed by atoms with E-state index in [1.54, 1.807) is 0 Å². The van der Waals surface area contributed by atoms with Gasteiger partial charge in [0.05, 0.1) is 0 Å². The first-order valence-corrected chi connectivity index (χ1v) is 20.0. The molecule has 0 amide bonds. The highest BCUT2D eigenvalue weighted by molar-refractivity contribution is 6.37. The summed E-state index contributed by atoms with van der Waals surface area (Å²) in [6.45, 7) is 0. The van der Waals surface area contributed by atoms with Crippen molar-refractivity contribution in [3.63, 3.8) is 0 Å². The molecule has 0 radical (unpaired) electrons. The van der Waals surface area contributed by atoms with E-state index >= 15 is 0 Å². The predicted molar refractivity (Wildman–Crippen MR) is 248 cm³/mol. The molecule has 2 nitrogen and oxygen atoms in total. The Morgan fingerprint density at radius 1 is 0.259 bits per heavy atom. The van der Waals surface area contributed by atoms with Crippen LogP contribution in [0.5, 0.6) is 0 Å². The van der Waals surface area contributed by atoms with Crippen molar-refractivity contribution in [1.82, 2.24) is 0 Å². The van der Waals surface area contributed by atoms with Crippen LogP contribution in [0.3, 0.4) is 0 Å². The molecule has 58 heavy (non-hydrogen) atoms. The van der Waals surface area contributed by atoms with Crippen LogP contribution >= 0.6 is 0 Å². The molecule has 0 aliphatic carbocycles. The molecule has 0 atom stereocenters. The maximum atomic E-state index is 6.21. The second kappa shape index (κ2) is 11.9. The van der Waals surface area contributed by atoms with Gasteiger partial charge in [0.25, 0.3) is 0 Å². The smallest absolute Gasteiger partial charge is 0.135 e. The normalized spacial score (nSPS) is 12.1. The van der Waals surface area contributed by atoms with Gasteiger partial charge in [-0.25, -0.2) is 0 Å². The predicted octanol–water partition coefficient (Wildman–Crippen LogP) is 16.2. The number of para-hydroxylation sites is 1. The minimum Gasteiger partial charge on any atom is -0.456 e. The zero-order chi connectivity index (χ0) is 37.9. The van der Waals surface area contributed by atoms with E-state index in [-0.39, 0.29) is 0 Å². The van der Waals surface area contributed by atoms with Crippen molar-refractivity contribution in [2.45, 2.75) is 0 Å². The summed E-state index contributed by atoms with van der Waals surface area (Å²) in [6, 6.07) is 73.8. The number of rotatable bonds is 4. The van der Waals surface area contributed by atoms with Gasteiger partial charge in [-0.1, -0.05) is 146 Å². The largest absolute Gasteiger partial charge is 0.456 e. The number of hydrogen-bond acceptors (Lipinski definition) is 2. The van der Waals surface area contributed by atoms with E-state index in [0.29, 0.717) is 0 Å². The van der Waals surface area contributed by atoms with E-state index in [9.17, 15) is 0 Å². The van der Waals surface area contributed by atoms with Gasteiger partial charge < -0.3 is 9.32 Å². The molecule has 13 rings (SSSR count). The first-order chi connectivity index (χ1) is 28.7. The van der Waals surface area contributed by atoms with Crippen molar-refractivity contribution in [3.05, 3.63) is 200 Å². The zero-order valence-electron chi connectivity index (χ0n) is 31.4. The average Bonchev–Trinajstić information content (AvgIpc) is 3.66. The lowest BCUT2D eigenvalue weighted by atomic mass is 9.87. The minimum atomic E-state index is 0.903. The van der Waals surface area contributed by atoms with Gasteiger partial charge in [0.15, 0.2) is 0 Å². The van der Waals surface area contributed by atoms with Gasteiger partial charge in [0.1, 0.15) is 11.2 Å². The summed E-state index contributed by atoms with van der Waals surface area (Å²) < 4.78 is 6.21. The number of benzene rings is 11. The van der Waals surface area contributed by atoms with Crippen LogP contribution in [0.4, 0.5) is 17.1 Å². The van der Waals surface area contributed by atoms with E-state index in [0.717, 1.165) is 50.1 Å². The second-order valence-corrected chi connectivity index (χ2v) is 15.7. The molecule has 0 spiro atoms. The van der Waals surface area contributed by atoms with Crippen LogP contribution in [-0.4, -0.2) is 0 Å². The minimum absolute atomic E-state index is 0.903. The summed E-state index contributed by atoms with van der Waals surface area (Å²) in [6.07, 6.45) is 0. The molecule has 0 saturated heterocycles. The van der Waals surface area contributed by atoms with Gasteiger partial charge in [-0.2, -0.15) is 0 Å². The third-order valence-electron chi connectivity index (χ3n) is 12.5. The highest BCUT2D eigenvalue weighted by atomic mass is 16.3. The summed E-state index contributed by atoms with van der Waals surface area (Å²) in [7, 11) is 0. The van der Waals surface area contributed by atoms with Crippen LogP contribution in [-0.2, 0) is 0 Å². The lowest BCUT2D eigenvalue weighted by Crippen LogP contribution is -2.10. The van der Waals surface area contributed by atoms with Crippen LogP contribution in [0.25, 0.3) is 108 Å². The Hall–Kier alpha value is -7.68. The Morgan fingerprint density at radius 3 is 1.53 bits per heavy atom. The van der Waals surface area contributed by atoms with Gasteiger partial charge in [0.2, 0.25) is 0 Å². The molecule has 0 N–H and O–H groups in total. The van der Waals surface area contributed by atoms with Gasteiger partial charge in [-0.3, -0.25) is 0 Å². The maximum Gasteiger partial charge on any atom is 0.135 e. The van der Waals surface area contributed by atoms with Crippen LogP contribution < -0.4 is 4.90 Å². The van der Waals surface area contributed by atoms with Crippen molar-refractivity contribution in [2.24, 2.45) is 0 Å². The molecular formula is C56H33NO. The molecule has 13 aromatic rings. The van der Waals surface area contributed by atoms with Crippen molar-refractivity contribution in [3.8, 4) is 11.1 Å². The highest BCUT2D eigenvalue weighted by Gasteiger charge is 2.20. The Morgan fingerprint density at radius 2 is 0.776 bits per heavy atom. The first-order valence-electron chi connectivity index (χ1n) is 20.0. The Labute approximate surface area is 333 Å². The maximum absolute atomic E-state index is 6.21. The van der Waals surface area contributed by atoms with Gasteiger partial charge >= 0.3 is 0 Å². The number of nitrogens with zero attached hydrogens (tertiary/aromatic N) is 1. The SMILES string of the molecule is c1cc(-c2ccc3oc4ccccc4c3c2)cc(N(c2ccc3ccccc3c2)c2cc3ccc4cccc5c6cccc7ccc8cccc(c(c2)c3c45)c8c76)c1. The van der Waals surface area contributed by atoms with Gasteiger partial charge in [-0.05, 0) is 141 Å². The molecule has 1 heterocycles. The molecule has 1 aromatic heterocycles. The van der Waals surface area contributed by atoms with Crippen LogP contribution in [0, 0.1) is 0 Å². The lowest BCUT2D eigenvalue weighted by Gasteiger charge is -2.27. The highest BCUT2D eigenvalue weighted by Crippen LogP contribution is 2.47. The van der Waals surface area contributed by atoms with E-state index in [4.69, 9.17) is 4.42 Å². The van der Waals surface area contributed by atoms with Gasteiger partial charge in [0, 0.05) is 27.8 Å². The van der Waals surface area contributed by atoms with Gasteiger partial charge in [-0.15, -0.1) is 0 Å². The van der Waals surface area contributed by atoms with Crippen molar-refractivity contribution in [1.29, 1.82) is 0 Å². The molecule has 0 aliphatic rings. The van der Waals surface area contributed by atoms with E-state index in [1.165, 1.54) is 75.4 Å². The van der Waals surface area contributed by atoms with Crippen LogP contribution in [0.2, 0.25) is 0 Å². The molecule has 12 aromatic carbocycles. The fourth-order valence-corrected chi connectivity index (χ4v) is 9.89. The number of hydrogen-bond donors (Lipinski definition) is 0. The quantitative estimate of drug-likeness (QED) is 0.167. The summed E-state index contributed by atoms with van der Waals surface area (Å²) in [5.74, 6) is 0. The Balaban J connectivity index is 1.13.